The summed E-state index contributed by atoms with van der Waals surface area (Å²) >= 11 is 3.25. The van der Waals surface area contributed by atoms with Gasteiger partial charge in [0.2, 0.25) is 0 Å². The fourth-order valence-electron chi connectivity index (χ4n) is 3.35. The number of nitrogens with zero attached hydrogens (tertiary/aromatic N) is 3. The lowest BCUT2D eigenvalue weighted by Crippen LogP contribution is -2.52. The van der Waals surface area contributed by atoms with Crippen LogP contribution in [-0.4, -0.2) is 59.9 Å². The summed E-state index contributed by atoms with van der Waals surface area (Å²) in [5, 5.41) is 13.3. The molecule has 168 valence electrons. The second kappa shape index (κ2) is 9.93. The number of thiophene rings is 2. The van der Waals surface area contributed by atoms with E-state index in [1.54, 1.807) is 34.8 Å². The first kappa shape index (κ1) is 23.4. The molecule has 0 saturated heterocycles. The number of amides is 3. The molecule has 2 aromatic rings. The third-order valence-corrected chi connectivity index (χ3v) is 6.88. The average molecular weight is 463 g/mol. The number of carbonyl (C=O) groups is 2. The van der Waals surface area contributed by atoms with Gasteiger partial charge in [-0.1, -0.05) is 6.07 Å². The lowest BCUT2D eigenvalue weighted by atomic mass is 10.1. The minimum absolute atomic E-state index is 0.0621. The maximum absolute atomic E-state index is 13.4. The quantitative estimate of drug-likeness (QED) is 0.668. The molecule has 0 saturated carbocycles. The zero-order chi connectivity index (χ0) is 22.6. The zero-order valence-electron chi connectivity index (χ0n) is 18.7. The minimum Gasteiger partial charge on any atom is -0.383 e. The topological polar surface area (TPSA) is 74.2 Å². The number of nitrogens with one attached hydrogen (secondary N) is 1. The van der Waals surface area contributed by atoms with Gasteiger partial charge in [0.1, 0.15) is 6.54 Å². The maximum atomic E-state index is 13.4. The average Bonchev–Trinajstić information content (AvgIpc) is 3.42. The number of urea groups is 1. The minimum atomic E-state index is -0.403. The lowest BCUT2D eigenvalue weighted by Gasteiger charge is -2.30. The number of hydrogen-bond donors (Lipinski definition) is 1. The van der Waals surface area contributed by atoms with Gasteiger partial charge >= 0.3 is 6.03 Å². The van der Waals surface area contributed by atoms with Crippen molar-refractivity contribution in [3.8, 4) is 0 Å². The van der Waals surface area contributed by atoms with Crippen LogP contribution in [-0.2, 0) is 9.53 Å². The van der Waals surface area contributed by atoms with Crippen LogP contribution in [0.1, 0.15) is 48.6 Å². The molecule has 0 radical (unpaired) electrons. The Hall–Kier alpha value is -2.23. The largest absolute Gasteiger partial charge is 0.383 e. The van der Waals surface area contributed by atoms with Gasteiger partial charge in [0.15, 0.2) is 0 Å². The van der Waals surface area contributed by atoms with Gasteiger partial charge in [0.05, 0.1) is 23.2 Å². The summed E-state index contributed by atoms with van der Waals surface area (Å²) in [6.07, 6.45) is 0.667. The Kier molecular flexibility index (Phi) is 7.51. The molecule has 1 aliphatic heterocycles. The van der Waals surface area contributed by atoms with E-state index in [-0.39, 0.29) is 24.5 Å². The molecule has 2 aromatic heterocycles. The molecular formula is C22H30N4O3S2. The first-order valence-corrected chi connectivity index (χ1v) is 12.0. The van der Waals surface area contributed by atoms with E-state index in [1.165, 1.54) is 4.90 Å². The highest BCUT2D eigenvalue weighted by Crippen LogP contribution is 2.37. The third kappa shape index (κ3) is 5.93. The molecule has 0 bridgehead atoms. The Balaban J connectivity index is 1.83. The number of aryl methyl sites for hydroxylation is 1. The van der Waals surface area contributed by atoms with E-state index in [1.807, 2.05) is 43.7 Å². The summed E-state index contributed by atoms with van der Waals surface area (Å²) < 4.78 is 5.15. The van der Waals surface area contributed by atoms with E-state index in [9.17, 15) is 9.59 Å². The van der Waals surface area contributed by atoms with Gasteiger partial charge in [0.25, 0.3) is 5.91 Å². The van der Waals surface area contributed by atoms with E-state index in [0.717, 1.165) is 21.0 Å². The smallest absolute Gasteiger partial charge is 0.318 e. The summed E-state index contributed by atoms with van der Waals surface area (Å²) in [6, 6.07) is 5.63. The highest BCUT2D eigenvalue weighted by molar-refractivity contribution is 7.12. The van der Waals surface area contributed by atoms with Crippen LogP contribution >= 0.6 is 22.7 Å². The SMILES string of the molecule is COCCN(CC(=O)N1N=C(c2cccs2)CC1c1sccc1C)C(=O)NC(C)(C)C. The van der Waals surface area contributed by atoms with Crippen LogP contribution in [0.25, 0.3) is 0 Å². The summed E-state index contributed by atoms with van der Waals surface area (Å²) in [5.74, 6) is -0.204. The highest BCUT2D eigenvalue weighted by atomic mass is 32.1. The Labute approximate surface area is 191 Å². The van der Waals surface area contributed by atoms with Crippen LogP contribution in [0.5, 0.6) is 0 Å². The van der Waals surface area contributed by atoms with Crippen LogP contribution in [0, 0.1) is 6.92 Å². The molecule has 7 nitrogen and oxygen atoms in total. The van der Waals surface area contributed by atoms with Crippen molar-refractivity contribution in [1.82, 2.24) is 15.2 Å². The maximum Gasteiger partial charge on any atom is 0.318 e. The first-order chi connectivity index (χ1) is 14.7. The van der Waals surface area contributed by atoms with Gasteiger partial charge in [0, 0.05) is 30.5 Å². The van der Waals surface area contributed by atoms with E-state index in [4.69, 9.17) is 9.84 Å². The molecule has 3 rings (SSSR count). The van der Waals surface area contributed by atoms with E-state index >= 15 is 0 Å². The standard InChI is InChI=1S/C22H30N4O3S2/c1-15-8-12-31-20(15)17-13-16(18-7-6-11-30-18)24-26(17)19(27)14-25(9-10-29-5)21(28)23-22(2,3)4/h6-8,11-12,17H,9-10,13-14H2,1-5H3,(H,23,28). The van der Waals surface area contributed by atoms with Crippen molar-refractivity contribution < 1.29 is 14.3 Å². The van der Waals surface area contributed by atoms with Gasteiger partial charge < -0.3 is 15.0 Å². The van der Waals surface area contributed by atoms with Crippen LogP contribution in [0.3, 0.4) is 0 Å². The predicted octanol–water partition coefficient (Wildman–Crippen LogP) is 4.25. The Morgan fingerprint density at radius 2 is 2.06 bits per heavy atom. The van der Waals surface area contributed by atoms with Crippen LogP contribution in [0.15, 0.2) is 34.1 Å². The summed E-state index contributed by atoms with van der Waals surface area (Å²) in [4.78, 5) is 29.9. The summed E-state index contributed by atoms with van der Waals surface area (Å²) in [5.41, 5.74) is 1.65. The molecule has 1 N–H and O–H groups in total. The van der Waals surface area contributed by atoms with E-state index < -0.39 is 5.54 Å². The van der Waals surface area contributed by atoms with E-state index in [0.29, 0.717) is 19.6 Å². The van der Waals surface area contributed by atoms with Gasteiger partial charge in [-0.15, -0.1) is 22.7 Å². The predicted molar refractivity (Wildman–Crippen MR) is 126 cm³/mol. The second-order valence-electron chi connectivity index (χ2n) is 8.54. The number of hydrogen-bond acceptors (Lipinski definition) is 6. The molecule has 1 unspecified atom stereocenters. The van der Waals surface area contributed by atoms with Crippen molar-refractivity contribution in [3.63, 3.8) is 0 Å². The number of carbonyl (C=O) groups excluding carboxylic acids is 2. The van der Waals surface area contributed by atoms with Gasteiger partial charge in [-0.05, 0) is 56.2 Å². The highest BCUT2D eigenvalue weighted by Gasteiger charge is 2.36. The molecule has 1 atom stereocenters. The number of methoxy groups -OCH3 is 1. The Bertz CT molecular complexity index is 931. The molecule has 0 fully saturated rings. The molecule has 31 heavy (non-hydrogen) atoms. The van der Waals surface area contributed by atoms with Crippen molar-refractivity contribution in [2.75, 3.05) is 26.8 Å². The number of rotatable bonds is 7. The molecule has 0 aromatic carbocycles. The zero-order valence-corrected chi connectivity index (χ0v) is 20.3. The van der Waals surface area contributed by atoms with Crippen molar-refractivity contribution in [3.05, 3.63) is 44.3 Å². The fraction of sp³-hybridized carbons (Fsp3) is 0.500. The second-order valence-corrected chi connectivity index (χ2v) is 10.4. The third-order valence-electron chi connectivity index (χ3n) is 4.84. The molecular weight excluding hydrogens is 432 g/mol. The van der Waals surface area contributed by atoms with Gasteiger partial charge in [-0.2, -0.15) is 5.10 Å². The summed E-state index contributed by atoms with van der Waals surface area (Å²) in [6.45, 7) is 8.40. The van der Waals surface area contributed by atoms with Crippen molar-refractivity contribution in [2.45, 2.75) is 45.7 Å². The van der Waals surface area contributed by atoms with Crippen LogP contribution < -0.4 is 5.32 Å². The Morgan fingerprint density at radius 3 is 2.65 bits per heavy atom. The van der Waals surface area contributed by atoms with Gasteiger partial charge in [-0.3, -0.25) is 4.79 Å². The first-order valence-electron chi connectivity index (χ1n) is 10.2. The monoisotopic (exact) mass is 462 g/mol. The molecule has 0 aliphatic carbocycles. The number of ether oxygens (including phenoxy) is 1. The summed E-state index contributed by atoms with van der Waals surface area (Å²) in [7, 11) is 1.58. The van der Waals surface area contributed by atoms with Crippen LogP contribution in [0.2, 0.25) is 0 Å². The van der Waals surface area contributed by atoms with Crippen molar-refractivity contribution in [1.29, 1.82) is 0 Å². The number of hydrazone groups is 1. The van der Waals surface area contributed by atoms with Crippen LogP contribution in [0.4, 0.5) is 4.79 Å². The normalized spacial score (nSPS) is 16.4. The fourth-order valence-corrected chi connectivity index (χ4v) is 5.09. The lowest BCUT2D eigenvalue weighted by molar-refractivity contribution is -0.133. The Morgan fingerprint density at radius 1 is 1.29 bits per heavy atom. The molecule has 3 heterocycles. The van der Waals surface area contributed by atoms with E-state index in [2.05, 4.69) is 18.3 Å². The molecule has 1 aliphatic rings. The van der Waals surface area contributed by atoms with Gasteiger partial charge in [-0.25, -0.2) is 9.80 Å². The van der Waals surface area contributed by atoms with Crippen molar-refractivity contribution >= 4 is 40.3 Å². The molecule has 3 amide bonds. The van der Waals surface area contributed by atoms with Crippen molar-refractivity contribution in [2.24, 2.45) is 5.10 Å². The molecule has 0 spiro atoms. The molecule has 9 heteroatoms.